The summed E-state index contributed by atoms with van der Waals surface area (Å²) in [5, 5.41) is 0. The van der Waals surface area contributed by atoms with Crippen molar-refractivity contribution in [1.29, 1.82) is 0 Å². The number of aryl methyl sites for hydroxylation is 2. The molecular weight excluding hydrogens is 414 g/mol. The Labute approximate surface area is 191 Å². The van der Waals surface area contributed by atoms with Crippen molar-refractivity contribution in [2.24, 2.45) is 10.7 Å². The zero-order valence-corrected chi connectivity index (χ0v) is 18.2. The van der Waals surface area contributed by atoms with Gasteiger partial charge < -0.3 is 15.2 Å². The van der Waals surface area contributed by atoms with Crippen molar-refractivity contribution >= 4 is 6.02 Å². The van der Waals surface area contributed by atoms with Crippen LogP contribution in [0.4, 0.5) is 0 Å². The van der Waals surface area contributed by atoms with E-state index in [-0.39, 0.29) is 12.6 Å². The Kier molecular flexibility index (Phi) is 4.20. The highest BCUT2D eigenvalue weighted by molar-refractivity contribution is 5.78. The maximum Gasteiger partial charge on any atom is 0.283 e. The average Bonchev–Trinajstić information content (AvgIpc) is 3.21. The molecule has 0 unspecified atom stereocenters. The number of aliphatic imine (C=N–C) groups is 1. The third kappa shape index (κ3) is 3.12. The van der Waals surface area contributed by atoms with Crippen LogP contribution in [0.3, 0.4) is 0 Å². The lowest BCUT2D eigenvalue weighted by Crippen LogP contribution is -2.31. The maximum atomic E-state index is 6.27. The third-order valence-corrected chi connectivity index (χ3v) is 6.09. The van der Waals surface area contributed by atoms with Gasteiger partial charge in [-0.2, -0.15) is 0 Å². The van der Waals surface area contributed by atoms with Gasteiger partial charge in [0.15, 0.2) is 11.3 Å². The zero-order chi connectivity index (χ0) is 22.6. The Morgan fingerprint density at radius 1 is 0.848 bits per heavy atom. The Hall–Kier alpha value is -4.26. The van der Waals surface area contributed by atoms with Gasteiger partial charge in [-0.1, -0.05) is 6.07 Å². The molecule has 5 heterocycles. The summed E-state index contributed by atoms with van der Waals surface area (Å²) in [4.78, 5) is 18.1. The number of rotatable bonds is 2. The predicted molar refractivity (Wildman–Crippen MR) is 125 cm³/mol. The molecule has 0 aliphatic carbocycles. The number of hydrogen-bond donors (Lipinski definition) is 1. The van der Waals surface area contributed by atoms with Crippen molar-refractivity contribution < 1.29 is 9.47 Å². The van der Waals surface area contributed by atoms with Gasteiger partial charge in [-0.3, -0.25) is 15.0 Å². The summed E-state index contributed by atoms with van der Waals surface area (Å²) >= 11 is 0. The van der Waals surface area contributed by atoms with E-state index >= 15 is 0 Å². The number of benzene rings is 1. The molecule has 0 amide bonds. The SMILES string of the molecule is Cc1cncc(-c2ccc3c(c2)[C@@]2(COC(N)=N2)c2cc(-c4ccnc(C)c4)ncc2O3)c1. The van der Waals surface area contributed by atoms with Crippen LogP contribution in [-0.2, 0) is 10.3 Å². The number of hydrogen-bond acceptors (Lipinski definition) is 7. The fourth-order valence-corrected chi connectivity index (χ4v) is 4.52. The summed E-state index contributed by atoms with van der Waals surface area (Å²) < 4.78 is 12.0. The standard InChI is InChI=1S/C26H21N5O2/c1-15-7-19(12-28-11-15)17-3-4-23-20(9-17)26(14-32-25(27)31-26)21-10-22(30-13-24(21)33-23)18-5-6-29-16(2)8-18/h3-13H,14H2,1-2H3,(H2,27,31)/t26-/m0/s1. The van der Waals surface area contributed by atoms with Gasteiger partial charge in [-0.25, -0.2) is 4.99 Å². The monoisotopic (exact) mass is 435 g/mol. The van der Waals surface area contributed by atoms with Crippen LogP contribution >= 0.6 is 0 Å². The van der Waals surface area contributed by atoms with E-state index < -0.39 is 5.54 Å². The molecule has 0 saturated heterocycles. The molecule has 1 aromatic carbocycles. The largest absolute Gasteiger partial charge is 0.462 e. The first-order valence-electron chi connectivity index (χ1n) is 10.7. The van der Waals surface area contributed by atoms with E-state index in [0.717, 1.165) is 44.8 Å². The highest BCUT2D eigenvalue weighted by Crippen LogP contribution is 2.52. The third-order valence-electron chi connectivity index (χ3n) is 6.09. The smallest absolute Gasteiger partial charge is 0.283 e. The summed E-state index contributed by atoms with van der Waals surface area (Å²) in [5.74, 6) is 1.35. The first-order valence-corrected chi connectivity index (χ1v) is 10.7. The lowest BCUT2D eigenvalue weighted by atomic mass is 9.80. The average molecular weight is 435 g/mol. The Morgan fingerprint density at radius 3 is 2.52 bits per heavy atom. The fraction of sp³-hybridized carbons (Fsp3) is 0.154. The highest BCUT2D eigenvalue weighted by atomic mass is 16.5. The van der Waals surface area contributed by atoms with Gasteiger partial charge in [0.25, 0.3) is 6.02 Å². The molecule has 0 bridgehead atoms. The van der Waals surface area contributed by atoms with Gasteiger partial charge in [0.2, 0.25) is 0 Å². The first kappa shape index (κ1) is 19.4. The quantitative estimate of drug-likeness (QED) is 0.497. The van der Waals surface area contributed by atoms with Crippen LogP contribution < -0.4 is 10.5 Å². The van der Waals surface area contributed by atoms with E-state index in [1.807, 2.05) is 56.6 Å². The molecule has 33 heavy (non-hydrogen) atoms. The van der Waals surface area contributed by atoms with Crippen LogP contribution in [0.1, 0.15) is 22.4 Å². The molecule has 1 atom stereocenters. The number of pyridine rings is 3. The minimum atomic E-state index is -0.819. The van der Waals surface area contributed by atoms with Gasteiger partial charge in [-0.05, 0) is 61.4 Å². The van der Waals surface area contributed by atoms with E-state index in [1.54, 1.807) is 12.4 Å². The van der Waals surface area contributed by atoms with Crippen LogP contribution in [0.2, 0.25) is 0 Å². The number of amidine groups is 1. The Balaban J connectivity index is 1.55. The molecule has 4 aromatic rings. The van der Waals surface area contributed by atoms with Crippen LogP contribution in [0.15, 0.2) is 72.2 Å². The first-order chi connectivity index (χ1) is 16.0. The summed E-state index contributed by atoms with van der Waals surface area (Å²) in [6, 6.07) is 14.3. The van der Waals surface area contributed by atoms with E-state index in [0.29, 0.717) is 11.5 Å². The number of nitrogens with zero attached hydrogens (tertiary/aromatic N) is 4. The molecular formula is C26H21N5O2. The summed E-state index contributed by atoms with van der Waals surface area (Å²) in [6.45, 7) is 4.28. The van der Waals surface area contributed by atoms with E-state index in [1.165, 1.54) is 0 Å². The fourth-order valence-electron chi connectivity index (χ4n) is 4.52. The molecule has 6 rings (SSSR count). The Morgan fingerprint density at radius 2 is 1.73 bits per heavy atom. The minimum absolute atomic E-state index is 0.162. The molecule has 2 aliphatic rings. The van der Waals surface area contributed by atoms with Crippen molar-refractivity contribution in [3.05, 3.63) is 89.6 Å². The van der Waals surface area contributed by atoms with Crippen LogP contribution in [0.5, 0.6) is 11.5 Å². The lowest BCUT2D eigenvalue weighted by molar-refractivity contribution is 0.264. The van der Waals surface area contributed by atoms with Crippen molar-refractivity contribution in [2.75, 3.05) is 6.61 Å². The number of aromatic nitrogens is 3. The van der Waals surface area contributed by atoms with Crippen molar-refractivity contribution in [3.8, 4) is 33.9 Å². The van der Waals surface area contributed by atoms with Crippen LogP contribution in [-0.4, -0.2) is 27.6 Å². The van der Waals surface area contributed by atoms with Crippen LogP contribution in [0.25, 0.3) is 22.4 Å². The second-order valence-electron chi connectivity index (χ2n) is 8.41. The number of nitrogens with two attached hydrogens (primary N) is 1. The molecule has 1 spiro atoms. The number of ether oxygens (including phenoxy) is 2. The molecule has 7 nitrogen and oxygen atoms in total. The van der Waals surface area contributed by atoms with Crippen molar-refractivity contribution in [3.63, 3.8) is 0 Å². The van der Waals surface area contributed by atoms with E-state index in [4.69, 9.17) is 20.2 Å². The normalized spacial score (nSPS) is 18.2. The summed E-state index contributed by atoms with van der Waals surface area (Å²) in [6.07, 6.45) is 7.22. The molecule has 7 heteroatoms. The molecule has 162 valence electrons. The van der Waals surface area contributed by atoms with Gasteiger partial charge in [0, 0.05) is 46.5 Å². The minimum Gasteiger partial charge on any atom is -0.462 e. The topological polar surface area (TPSA) is 95.5 Å². The van der Waals surface area contributed by atoms with Gasteiger partial charge in [0.05, 0.1) is 11.9 Å². The second kappa shape index (κ2) is 7.13. The molecule has 3 aromatic heterocycles. The van der Waals surface area contributed by atoms with Gasteiger partial charge >= 0.3 is 0 Å². The summed E-state index contributed by atoms with van der Waals surface area (Å²) in [5.41, 5.74) is 12.8. The van der Waals surface area contributed by atoms with E-state index in [9.17, 15) is 0 Å². The van der Waals surface area contributed by atoms with Crippen molar-refractivity contribution in [2.45, 2.75) is 19.4 Å². The van der Waals surface area contributed by atoms with E-state index in [2.05, 4.69) is 27.1 Å². The van der Waals surface area contributed by atoms with Crippen molar-refractivity contribution in [1.82, 2.24) is 15.0 Å². The molecule has 0 fully saturated rings. The predicted octanol–water partition coefficient (Wildman–Crippen LogP) is 4.52. The maximum absolute atomic E-state index is 6.27. The number of fused-ring (bicyclic) bond motifs is 4. The molecule has 0 saturated carbocycles. The molecule has 2 N–H and O–H groups in total. The highest BCUT2D eigenvalue weighted by Gasteiger charge is 2.47. The van der Waals surface area contributed by atoms with Crippen LogP contribution in [0, 0.1) is 13.8 Å². The van der Waals surface area contributed by atoms with Gasteiger partial charge in [0.1, 0.15) is 12.4 Å². The van der Waals surface area contributed by atoms with Gasteiger partial charge in [-0.15, -0.1) is 0 Å². The second-order valence-corrected chi connectivity index (χ2v) is 8.41. The molecule has 0 radical (unpaired) electrons. The summed E-state index contributed by atoms with van der Waals surface area (Å²) in [7, 11) is 0. The molecule has 2 aliphatic heterocycles. The Bertz CT molecular complexity index is 1350. The lowest BCUT2D eigenvalue weighted by Gasteiger charge is -2.33. The zero-order valence-electron chi connectivity index (χ0n) is 18.2.